The fraction of sp³-hybridized carbons (Fsp3) is 0.200. The number of alkyl halides is 2. The molecule has 0 aliphatic heterocycles. The van der Waals surface area contributed by atoms with Crippen LogP contribution in [0.25, 0.3) is 0 Å². The Hall–Kier alpha value is -1.62. The van der Waals surface area contributed by atoms with Crippen molar-refractivity contribution in [3.8, 4) is 5.75 Å². The highest BCUT2D eigenvalue weighted by Crippen LogP contribution is 2.26. The Morgan fingerprint density at radius 3 is 2.50 bits per heavy atom. The summed E-state index contributed by atoms with van der Waals surface area (Å²) >= 11 is 3.53. The quantitative estimate of drug-likeness (QED) is 0.828. The van der Waals surface area contributed by atoms with Gasteiger partial charge in [-0.3, -0.25) is 0 Å². The van der Waals surface area contributed by atoms with Crippen molar-refractivity contribution in [1.29, 1.82) is 0 Å². The second kappa shape index (κ2) is 6.70. The van der Waals surface area contributed by atoms with Gasteiger partial charge in [-0.05, 0) is 52.2 Å². The second-order valence-electron chi connectivity index (χ2n) is 4.31. The lowest BCUT2D eigenvalue weighted by molar-refractivity contribution is -0.0498. The Bertz CT molecular complexity index is 573. The summed E-state index contributed by atoms with van der Waals surface area (Å²) in [6.07, 6.45) is 0. The fourth-order valence-electron chi connectivity index (χ4n) is 1.77. The summed E-state index contributed by atoms with van der Waals surface area (Å²) < 4.78 is 29.4. The monoisotopic (exact) mass is 341 g/mol. The molecule has 0 radical (unpaired) electrons. The number of rotatable bonds is 5. The molecule has 0 saturated heterocycles. The van der Waals surface area contributed by atoms with Crippen molar-refractivity contribution < 1.29 is 13.5 Å². The summed E-state index contributed by atoms with van der Waals surface area (Å²) in [7, 11) is 0. The largest absolute Gasteiger partial charge is 0.435 e. The molecule has 0 unspecified atom stereocenters. The molecule has 2 aromatic rings. The third kappa shape index (κ3) is 3.93. The molecule has 0 aliphatic carbocycles. The molecule has 5 heteroatoms. The first-order valence-corrected chi connectivity index (χ1v) is 6.88. The van der Waals surface area contributed by atoms with Gasteiger partial charge >= 0.3 is 6.61 Å². The molecule has 0 heterocycles. The normalized spacial score (nSPS) is 10.7. The molecule has 0 saturated carbocycles. The van der Waals surface area contributed by atoms with Gasteiger partial charge in [-0.15, -0.1) is 0 Å². The predicted octanol–water partition coefficient (Wildman–Crippen LogP) is 4.97. The number of anilines is 1. The zero-order valence-electron chi connectivity index (χ0n) is 10.9. The van der Waals surface area contributed by atoms with Crippen LogP contribution in [-0.4, -0.2) is 6.61 Å². The molecular formula is C15H14BrF2NO. The summed E-state index contributed by atoms with van der Waals surface area (Å²) in [6, 6.07) is 12.6. The third-order valence-corrected chi connectivity index (χ3v) is 3.88. The van der Waals surface area contributed by atoms with E-state index >= 15 is 0 Å². The van der Waals surface area contributed by atoms with Crippen molar-refractivity contribution in [2.75, 3.05) is 5.32 Å². The highest BCUT2D eigenvalue weighted by Gasteiger charge is 2.04. The molecule has 0 amide bonds. The minimum Gasteiger partial charge on any atom is -0.435 e. The molecule has 2 nitrogen and oxygen atoms in total. The Kier molecular flexibility index (Phi) is 4.95. The number of hydrogen-bond donors (Lipinski definition) is 1. The average molecular weight is 342 g/mol. The van der Waals surface area contributed by atoms with Crippen LogP contribution in [0.3, 0.4) is 0 Å². The van der Waals surface area contributed by atoms with Crippen LogP contribution in [-0.2, 0) is 6.54 Å². The number of aryl methyl sites for hydroxylation is 1. The first-order chi connectivity index (χ1) is 9.56. The van der Waals surface area contributed by atoms with Crippen molar-refractivity contribution in [3.63, 3.8) is 0 Å². The Morgan fingerprint density at radius 2 is 1.85 bits per heavy atom. The van der Waals surface area contributed by atoms with E-state index in [2.05, 4.69) is 26.0 Å². The van der Waals surface area contributed by atoms with Crippen molar-refractivity contribution in [2.45, 2.75) is 20.1 Å². The molecule has 0 spiro atoms. The van der Waals surface area contributed by atoms with Gasteiger partial charge in [0.25, 0.3) is 0 Å². The van der Waals surface area contributed by atoms with Crippen LogP contribution in [0.5, 0.6) is 5.75 Å². The molecule has 0 atom stereocenters. The van der Waals surface area contributed by atoms with E-state index in [1.54, 1.807) is 12.1 Å². The van der Waals surface area contributed by atoms with Gasteiger partial charge in [0.1, 0.15) is 5.75 Å². The highest BCUT2D eigenvalue weighted by atomic mass is 79.9. The lowest BCUT2D eigenvalue weighted by Gasteiger charge is -2.11. The van der Waals surface area contributed by atoms with E-state index < -0.39 is 6.61 Å². The molecule has 0 aliphatic rings. The maximum atomic E-state index is 12.0. The number of hydrogen-bond acceptors (Lipinski definition) is 2. The molecule has 0 fully saturated rings. The van der Waals surface area contributed by atoms with Gasteiger partial charge in [0.05, 0.1) is 0 Å². The summed E-state index contributed by atoms with van der Waals surface area (Å²) in [5.41, 5.74) is 3.13. The second-order valence-corrected chi connectivity index (χ2v) is 5.11. The number of nitrogens with one attached hydrogen (secondary N) is 1. The van der Waals surface area contributed by atoms with Gasteiger partial charge < -0.3 is 10.1 Å². The van der Waals surface area contributed by atoms with Crippen LogP contribution < -0.4 is 10.1 Å². The zero-order valence-corrected chi connectivity index (χ0v) is 12.5. The molecule has 2 aromatic carbocycles. The van der Waals surface area contributed by atoms with Gasteiger partial charge in [-0.25, -0.2) is 0 Å². The van der Waals surface area contributed by atoms with E-state index in [1.807, 2.05) is 25.1 Å². The standard InChI is InChI=1S/C15H14BrF2NO/c1-10-3-2-4-13(14(10)16)19-9-11-5-7-12(8-6-11)20-15(17)18/h2-8,15,19H,9H2,1H3. The van der Waals surface area contributed by atoms with E-state index in [-0.39, 0.29) is 5.75 Å². The van der Waals surface area contributed by atoms with Crippen LogP contribution in [0, 0.1) is 6.92 Å². The van der Waals surface area contributed by atoms with Crippen molar-refractivity contribution in [2.24, 2.45) is 0 Å². The van der Waals surface area contributed by atoms with E-state index in [0.29, 0.717) is 6.54 Å². The smallest absolute Gasteiger partial charge is 0.387 e. The van der Waals surface area contributed by atoms with Crippen LogP contribution in [0.15, 0.2) is 46.9 Å². The molecular weight excluding hydrogens is 328 g/mol. The summed E-state index contributed by atoms with van der Waals surface area (Å²) in [5, 5.41) is 3.29. The van der Waals surface area contributed by atoms with E-state index in [4.69, 9.17) is 0 Å². The first kappa shape index (κ1) is 14.8. The van der Waals surface area contributed by atoms with Crippen LogP contribution >= 0.6 is 15.9 Å². The van der Waals surface area contributed by atoms with Gasteiger partial charge in [-0.1, -0.05) is 24.3 Å². The van der Waals surface area contributed by atoms with E-state index in [9.17, 15) is 8.78 Å². The van der Waals surface area contributed by atoms with Gasteiger partial charge in [0.15, 0.2) is 0 Å². The molecule has 106 valence electrons. The molecule has 0 aromatic heterocycles. The summed E-state index contributed by atoms with van der Waals surface area (Å²) in [5.74, 6) is 0.167. The summed E-state index contributed by atoms with van der Waals surface area (Å²) in [4.78, 5) is 0. The first-order valence-electron chi connectivity index (χ1n) is 6.09. The summed E-state index contributed by atoms with van der Waals surface area (Å²) in [6.45, 7) is -0.162. The number of benzene rings is 2. The SMILES string of the molecule is Cc1cccc(NCc2ccc(OC(F)F)cc2)c1Br. The van der Waals surface area contributed by atoms with Crippen molar-refractivity contribution >= 4 is 21.6 Å². The van der Waals surface area contributed by atoms with Crippen molar-refractivity contribution in [1.82, 2.24) is 0 Å². The predicted molar refractivity (Wildman–Crippen MR) is 79.3 cm³/mol. The Balaban J connectivity index is 1.99. The van der Waals surface area contributed by atoms with Gasteiger partial charge in [0, 0.05) is 16.7 Å². The maximum absolute atomic E-state index is 12.0. The fourth-order valence-corrected chi connectivity index (χ4v) is 2.17. The minimum atomic E-state index is -2.79. The van der Waals surface area contributed by atoms with Gasteiger partial charge in [-0.2, -0.15) is 8.78 Å². The van der Waals surface area contributed by atoms with Gasteiger partial charge in [0.2, 0.25) is 0 Å². The van der Waals surface area contributed by atoms with E-state index in [1.165, 1.54) is 12.1 Å². The zero-order chi connectivity index (χ0) is 14.5. The highest BCUT2D eigenvalue weighted by molar-refractivity contribution is 9.10. The number of halogens is 3. The topological polar surface area (TPSA) is 21.3 Å². The molecule has 2 rings (SSSR count). The molecule has 1 N–H and O–H groups in total. The number of ether oxygens (including phenoxy) is 1. The lowest BCUT2D eigenvalue weighted by atomic mass is 10.2. The van der Waals surface area contributed by atoms with Crippen molar-refractivity contribution in [3.05, 3.63) is 58.1 Å². The van der Waals surface area contributed by atoms with Crippen LogP contribution in [0.4, 0.5) is 14.5 Å². The average Bonchev–Trinajstić information content (AvgIpc) is 2.41. The van der Waals surface area contributed by atoms with Crippen LogP contribution in [0.2, 0.25) is 0 Å². The Labute approximate surface area is 124 Å². The molecule has 20 heavy (non-hydrogen) atoms. The Morgan fingerprint density at radius 1 is 1.15 bits per heavy atom. The minimum absolute atomic E-state index is 0.167. The lowest BCUT2D eigenvalue weighted by Crippen LogP contribution is -2.03. The van der Waals surface area contributed by atoms with E-state index in [0.717, 1.165) is 21.3 Å². The van der Waals surface area contributed by atoms with Crippen LogP contribution in [0.1, 0.15) is 11.1 Å². The maximum Gasteiger partial charge on any atom is 0.387 e. The molecule has 0 bridgehead atoms. The third-order valence-electron chi connectivity index (χ3n) is 2.82.